The number of benzene rings is 1. The number of carbonyl (C=O) groups excluding carboxylic acids is 2. The molecule has 0 radical (unpaired) electrons. The van der Waals surface area contributed by atoms with Gasteiger partial charge in [0.05, 0.1) is 0 Å². The quantitative estimate of drug-likeness (QED) is 0.685. The summed E-state index contributed by atoms with van der Waals surface area (Å²) in [7, 11) is 0. The smallest absolute Gasteiger partial charge is 0.315 e. The first-order chi connectivity index (χ1) is 13.2. The third-order valence-electron chi connectivity index (χ3n) is 6.15. The van der Waals surface area contributed by atoms with Crippen molar-refractivity contribution in [2.24, 2.45) is 0 Å². The van der Waals surface area contributed by atoms with E-state index < -0.39 is 0 Å². The Hall–Kier alpha value is -2.04. The minimum atomic E-state index is -0.147. The Morgan fingerprint density at radius 3 is 2.33 bits per heavy atom. The van der Waals surface area contributed by atoms with Gasteiger partial charge in [0.25, 0.3) is 0 Å². The highest BCUT2D eigenvalue weighted by Crippen LogP contribution is 2.40. The number of amides is 3. The Bertz CT molecular complexity index is 605. The lowest BCUT2D eigenvalue weighted by atomic mass is 9.79. The molecule has 1 aromatic carbocycles. The van der Waals surface area contributed by atoms with Gasteiger partial charge in [-0.15, -0.1) is 0 Å². The lowest BCUT2D eigenvalue weighted by Gasteiger charge is -2.30. The monoisotopic (exact) mass is 371 g/mol. The first-order valence-corrected chi connectivity index (χ1v) is 10.5. The molecule has 3 N–H and O–H groups in total. The molecular formula is C22H33N3O2. The fourth-order valence-corrected chi connectivity index (χ4v) is 4.54. The van der Waals surface area contributed by atoms with Gasteiger partial charge in [-0.2, -0.15) is 0 Å². The predicted molar refractivity (Wildman–Crippen MR) is 108 cm³/mol. The fourth-order valence-electron chi connectivity index (χ4n) is 4.54. The standard InChI is InChI=1S/C22H33N3O2/c26-20(13-16-23-21(27)25-19-11-5-2-6-12-19)24-17-22(14-7-8-15-22)18-9-3-1-4-10-18/h1,3-4,9-10,19H,2,5-8,11-17H2,(H,24,26)(H2,23,25,27). The molecule has 0 spiro atoms. The zero-order valence-corrected chi connectivity index (χ0v) is 16.3. The number of hydrogen-bond donors (Lipinski definition) is 3. The number of urea groups is 1. The van der Waals surface area contributed by atoms with Gasteiger partial charge in [-0.1, -0.05) is 62.4 Å². The van der Waals surface area contributed by atoms with E-state index in [4.69, 9.17) is 0 Å². The van der Waals surface area contributed by atoms with Crippen LogP contribution in [-0.4, -0.2) is 31.1 Å². The van der Waals surface area contributed by atoms with Crippen LogP contribution in [0.15, 0.2) is 30.3 Å². The molecule has 0 unspecified atom stereocenters. The first kappa shape index (κ1) is 19.7. The van der Waals surface area contributed by atoms with Crippen molar-refractivity contribution in [2.45, 2.75) is 75.7 Å². The highest BCUT2D eigenvalue weighted by molar-refractivity contribution is 5.78. The maximum Gasteiger partial charge on any atom is 0.315 e. The van der Waals surface area contributed by atoms with Crippen LogP contribution in [0.1, 0.15) is 69.8 Å². The van der Waals surface area contributed by atoms with Crippen molar-refractivity contribution >= 4 is 11.9 Å². The van der Waals surface area contributed by atoms with Crippen LogP contribution in [0, 0.1) is 0 Å². The molecule has 0 saturated heterocycles. The average Bonchev–Trinajstić information content (AvgIpc) is 3.18. The zero-order valence-electron chi connectivity index (χ0n) is 16.3. The lowest BCUT2D eigenvalue weighted by molar-refractivity contribution is -0.121. The van der Waals surface area contributed by atoms with E-state index >= 15 is 0 Å². The molecule has 0 bridgehead atoms. The van der Waals surface area contributed by atoms with E-state index in [2.05, 4.69) is 40.2 Å². The summed E-state index contributed by atoms with van der Waals surface area (Å²) in [4.78, 5) is 24.2. The molecule has 0 heterocycles. The summed E-state index contributed by atoms with van der Waals surface area (Å²) >= 11 is 0. The molecule has 2 aliphatic carbocycles. The van der Waals surface area contributed by atoms with E-state index in [-0.39, 0.29) is 17.4 Å². The molecule has 0 aliphatic heterocycles. The van der Waals surface area contributed by atoms with E-state index in [1.165, 1.54) is 37.7 Å². The molecular weight excluding hydrogens is 338 g/mol. The van der Waals surface area contributed by atoms with Crippen LogP contribution in [0.3, 0.4) is 0 Å². The SMILES string of the molecule is O=C(CCNC(=O)NC1CCCCC1)NCC1(c2ccccc2)CCCC1. The normalized spacial score (nSPS) is 19.4. The Balaban J connectivity index is 1.38. The predicted octanol–water partition coefficient (Wildman–Crippen LogP) is 3.64. The number of rotatable bonds is 7. The molecule has 27 heavy (non-hydrogen) atoms. The number of nitrogens with one attached hydrogen (secondary N) is 3. The summed E-state index contributed by atoms with van der Waals surface area (Å²) in [6.07, 6.45) is 10.8. The molecule has 5 nitrogen and oxygen atoms in total. The molecule has 0 aromatic heterocycles. The fraction of sp³-hybridized carbons (Fsp3) is 0.636. The van der Waals surface area contributed by atoms with Crippen molar-refractivity contribution in [1.82, 2.24) is 16.0 Å². The van der Waals surface area contributed by atoms with Crippen molar-refractivity contribution in [1.29, 1.82) is 0 Å². The van der Waals surface area contributed by atoms with Crippen LogP contribution in [0.25, 0.3) is 0 Å². The minimum Gasteiger partial charge on any atom is -0.355 e. The summed E-state index contributed by atoms with van der Waals surface area (Å²) < 4.78 is 0. The van der Waals surface area contributed by atoms with Crippen LogP contribution in [0.5, 0.6) is 0 Å². The van der Waals surface area contributed by atoms with Gasteiger partial charge in [-0.3, -0.25) is 4.79 Å². The first-order valence-electron chi connectivity index (χ1n) is 10.5. The van der Waals surface area contributed by atoms with Crippen molar-refractivity contribution in [3.05, 3.63) is 35.9 Å². The maximum absolute atomic E-state index is 12.3. The van der Waals surface area contributed by atoms with Crippen LogP contribution >= 0.6 is 0 Å². The van der Waals surface area contributed by atoms with E-state index in [0.29, 0.717) is 25.6 Å². The van der Waals surface area contributed by atoms with Crippen LogP contribution in [-0.2, 0) is 10.2 Å². The lowest BCUT2D eigenvalue weighted by Crippen LogP contribution is -2.44. The van der Waals surface area contributed by atoms with Gasteiger partial charge in [0.1, 0.15) is 0 Å². The van der Waals surface area contributed by atoms with Gasteiger partial charge in [-0.25, -0.2) is 4.79 Å². The Kier molecular flexibility index (Phi) is 7.13. The van der Waals surface area contributed by atoms with Crippen molar-refractivity contribution in [3.63, 3.8) is 0 Å². The Morgan fingerprint density at radius 1 is 0.926 bits per heavy atom. The Morgan fingerprint density at radius 2 is 1.63 bits per heavy atom. The van der Waals surface area contributed by atoms with Crippen LogP contribution in [0.2, 0.25) is 0 Å². The molecule has 2 fully saturated rings. The van der Waals surface area contributed by atoms with Gasteiger partial charge in [0, 0.05) is 31.0 Å². The second-order valence-corrected chi connectivity index (χ2v) is 8.12. The van der Waals surface area contributed by atoms with E-state index in [1.54, 1.807) is 0 Å². The Labute approximate surface area is 162 Å². The van der Waals surface area contributed by atoms with Crippen LogP contribution < -0.4 is 16.0 Å². The van der Waals surface area contributed by atoms with Gasteiger partial charge in [0.15, 0.2) is 0 Å². The molecule has 2 aliphatic rings. The largest absolute Gasteiger partial charge is 0.355 e. The second-order valence-electron chi connectivity index (χ2n) is 8.12. The minimum absolute atomic E-state index is 0.00942. The zero-order chi connectivity index (χ0) is 19.0. The maximum atomic E-state index is 12.3. The van der Waals surface area contributed by atoms with E-state index in [1.807, 2.05) is 6.07 Å². The number of carbonyl (C=O) groups is 2. The molecule has 3 amide bonds. The second kappa shape index (κ2) is 9.77. The summed E-state index contributed by atoms with van der Waals surface area (Å²) in [5.74, 6) is 0.00942. The molecule has 0 atom stereocenters. The van der Waals surface area contributed by atoms with Crippen LogP contribution in [0.4, 0.5) is 4.79 Å². The molecule has 2 saturated carbocycles. The van der Waals surface area contributed by atoms with E-state index in [9.17, 15) is 9.59 Å². The van der Waals surface area contributed by atoms with E-state index in [0.717, 1.165) is 25.7 Å². The third-order valence-corrected chi connectivity index (χ3v) is 6.15. The van der Waals surface area contributed by atoms with Gasteiger partial charge < -0.3 is 16.0 Å². The van der Waals surface area contributed by atoms with Gasteiger partial charge in [-0.05, 0) is 31.2 Å². The van der Waals surface area contributed by atoms with Crippen molar-refractivity contribution in [3.8, 4) is 0 Å². The third kappa shape index (κ3) is 5.72. The topological polar surface area (TPSA) is 70.2 Å². The summed E-state index contributed by atoms with van der Waals surface area (Å²) in [6.45, 7) is 1.06. The number of hydrogen-bond acceptors (Lipinski definition) is 2. The van der Waals surface area contributed by atoms with Crippen molar-refractivity contribution < 1.29 is 9.59 Å². The van der Waals surface area contributed by atoms with Gasteiger partial charge >= 0.3 is 6.03 Å². The molecule has 5 heteroatoms. The highest BCUT2D eigenvalue weighted by Gasteiger charge is 2.35. The molecule has 148 valence electrons. The highest BCUT2D eigenvalue weighted by atomic mass is 16.2. The summed E-state index contributed by atoms with van der Waals surface area (Å²) in [6, 6.07) is 10.7. The molecule has 3 rings (SSSR count). The van der Waals surface area contributed by atoms with Gasteiger partial charge in [0.2, 0.25) is 5.91 Å². The summed E-state index contributed by atoms with van der Waals surface area (Å²) in [5, 5.41) is 8.94. The van der Waals surface area contributed by atoms with Crippen molar-refractivity contribution in [2.75, 3.05) is 13.1 Å². The molecule has 1 aromatic rings. The summed E-state index contributed by atoms with van der Waals surface area (Å²) in [5.41, 5.74) is 1.40. The average molecular weight is 372 g/mol.